The maximum atomic E-state index is 13.0. The highest BCUT2D eigenvalue weighted by atomic mass is 31.2. The van der Waals surface area contributed by atoms with Crippen molar-refractivity contribution in [2.24, 2.45) is 0 Å². The number of aliphatic hydroxyl groups excluding tert-OH is 2. The molecule has 4 N–H and O–H groups in total. The van der Waals surface area contributed by atoms with E-state index in [1.165, 1.54) is 19.3 Å². The van der Waals surface area contributed by atoms with Crippen LogP contribution in [0.2, 0.25) is 0 Å². The molecular formula is C91H144O16P2. The first-order valence-electron chi connectivity index (χ1n) is 41.0. The number of rotatable bonds is 75. The van der Waals surface area contributed by atoms with Crippen LogP contribution >= 0.6 is 15.6 Å². The summed E-state index contributed by atoms with van der Waals surface area (Å²) in [5.41, 5.74) is 0. The van der Waals surface area contributed by atoms with Crippen LogP contribution in [0, 0.1) is 0 Å². The summed E-state index contributed by atoms with van der Waals surface area (Å²) in [6, 6.07) is 0. The topological polar surface area (TPSA) is 231 Å². The lowest BCUT2D eigenvalue weighted by atomic mass is 10.1. The molecule has 109 heavy (non-hydrogen) atoms. The molecule has 18 heteroatoms. The molecule has 0 aromatic carbocycles. The van der Waals surface area contributed by atoms with Crippen molar-refractivity contribution < 1.29 is 75.8 Å². The van der Waals surface area contributed by atoms with Gasteiger partial charge in [0.25, 0.3) is 0 Å². The van der Waals surface area contributed by atoms with Gasteiger partial charge in [0.15, 0.2) is 6.10 Å². The van der Waals surface area contributed by atoms with Crippen molar-refractivity contribution in [2.75, 3.05) is 39.6 Å². The largest absolute Gasteiger partial charge is 0.472 e. The van der Waals surface area contributed by atoms with Crippen molar-refractivity contribution in [1.29, 1.82) is 0 Å². The number of carbonyl (C=O) groups is 3. The third kappa shape index (κ3) is 82.7. The van der Waals surface area contributed by atoms with E-state index in [1.54, 1.807) is 0 Å². The second-order valence-corrected chi connectivity index (χ2v) is 29.3. The summed E-state index contributed by atoms with van der Waals surface area (Å²) in [6.07, 6.45) is 110. The van der Waals surface area contributed by atoms with Crippen molar-refractivity contribution >= 4 is 33.6 Å². The SMILES string of the molecule is CC/C=C\C/C=C\C/C=C\C/C=C\C/C=C\C/C=C\CCCCCCCCCCC(=O)OCC(O)COP(=O)(O)OCC(O)COP(=O)(O)OCC(COC(=O)CCCCCCCC/C=C\C/C=C\C/C=C\C/C=C\C/C=C\C/C=C\CC)OC(=O)CCCC/C=C\C/C=C\C/C=C\C/C=C\C/C=C\C/C=C\CC. The van der Waals surface area contributed by atoms with E-state index in [0.29, 0.717) is 25.7 Å². The van der Waals surface area contributed by atoms with Gasteiger partial charge in [0.1, 0.15) is 25.4 Å². The number of esters is 3. The van der Waals surface area contributed by atoms with Gasteiger partial charge in [-0.15, -0.1) is 0 Å². The molecule has 0 aliphatic rings. The average molecular weight is 1560 g/mol. The summed E-state index contributed by atoms with van der Waals surface area (Å²) in [6.45, 7) is 2.23. The average Bonchev–Trinajstić information content (AvgIpc) is 0.902. The second-order valence-electron chi connectivity index (χ2n) is 26.4. The third-order valence-corrected chi connectivity index (χ3v) is 18.1. The van der Waals surface area contributed by atoms with E-state index in [2.05, 4.69) is 240 Å². The van der Waals surface area contributed by atoms with Crippen molar-refractivity contribution in [1.82, 2.24) is 0 Å². The van der Waals surface area contributed by atoms with Gasteiger partial charge >= 0.3 is 33.6 Å². The Morgan fingerprint density at radius 2 is 0.459 bits per heavy atom. The molecular weight excluding hydrogens is 1410 g/mol. The van der Waals surface area contributed by atoms with Gasteiger partial charge in [-0.3, -0.25) is 32.5 Å². The number of unbranched alkanes of at least 4 members (excludes halogenated alkanes) is 16. The van der Waals surface area contributed by atoms with Crippen LogP contribution in [0.1, 0.15) is 278 Å². The molecule has 0 heterocycles. The molecule has 0 fully saturated rings. The summed E-state index contributed by atoms with van der Waals surface area (Å²) in [5.74, 6) is -1.67. The third-order valence-electron chi connectivity index (χ3n) is 16.2. The highest BCUT2D eigenvalue weighted by Crippen LogP contribution is 2.45. The zero-order chi connectivity index (χ0) is 79.4. The molecule has 0 aliphatic carbocycles. The normalized spacial score (nSPS) is 15.0. The van der Waals surface area contributed by atoms with Crippen molar-refractivity contribution in [2.45, 2.75) is 296 Å². The molecule has 16 nitrogen and oxygen atoms in total. The number of hydrogen-bond donors (Lipinski definition) is 4. The Labute approximate surface area is 660 Å². The maximum Gasteiger partial charge on any atom is 0.472 e. The van der Waals surface area contributed by atoms with Crippen LogP contribution in [0.3, 0.4) is 0 Å². The first kappa shape index (κ1) is 103. The fourth-order valence-corrected chi connectivity index (χ4v) is 11.6. The molecule has 5 unspecified atom stereocenters. The van der Waals surface area contributed by atoms with Crippen LogP contribution in [0.15, 0.2) is 219 Å². The first-order chi connectivity index (χ1) is 53.2. The zero-order valence-corrected chi connectivity index (χ0v) is 68.9. The fourth-order valence-electron chi connectivity index (χ4n) is 10.1. The highest BCUT2D eigenvalue weighted by Gasteiger charge is 2.29. The molecule has 0 saturated heterocycles. The van der Waals surface area contributed by atoms with Crippen LogP contribution < -0.4 is 0 Å². The molecule has 0 rings (SSSR count). The molecule has 0 amide bonds. The summed E-state index contributed by atoms with van der Waals surface area (Å²) in [5, 5.41) is 20.7. The van der Waals surface area contributed by atoms with Crippen LogP contribution in [-0.4, -0.2) is 95.9 Å². The molecule has 0 aromatic heterocycles. The predicted octanol–water partition coefficient (Wildman–Crippen LogP) is 24.6. The molecule has 0 bridgehead atoms. The van der Waals surface area contributed by atoms with Crippen LogP contribution in [-0.2, 0) is 55.8 Å². The van der Waals surface area contributed by atoms with Crippen LogP contribution in [0.25, 0.3) is 0 Å². The number of phosphoric acid groups is 2. The summed E-state index contributed by atoms with van der Waals surface area (Å²) < 4.78 is 61.2. The van der Waals surface area contributed by atoms with E-state index >= 15 is 0 Å². The van der Waals surface area contributed by atoms with Gasteiger partial charge in [-0.1, -0.05) is 304 Å². The van der Waals surface area contributed by atoms with E-state index in [9.17, 15) is 43.5 Å². The lowest BCUT2D eigenvalue weighted by Gasteiger charge is -2.21. The number of hydrogen-bond acceptors (Lipinski definition) is 14. The first-order valence-corrected chi connectivity index (χ1v) is 44.0. The Balaban J connectivity index is 4.76. The maximum absolute atomic E-state index is 13.0. The zero-order valence-electron chi connectivity index (χ0n) is 67.1. The molecule has 0 saturated carbocycles. The minimum atomic E-state index is -4.96. The molecule has 614 valence electrons. The lowest BCUT2D eigenvalue weighted by Crippen LogP contribution is -2.30. The van der Waals surface area contributed by atoms with Gasteiger partial charge in [-0.2, -0.15) is 0 Å². The molecule has 5 atom stereocenters. The Kier molecular flexibility index (Phi) is 76.8. The fraction of sp³-hybridized carbons (Fsp3) is 0.571. The van der Waals surface area contributed by atoms with Gasteiger partial charge in [0.05, 0.1) is 26.4 Å². The number of carbonyl (C=O) groups excluding carboxylic acids is 3. The highest BCUT2D eigenvalue weighted by molar-refractivity contribution is 7.47. The number of allylic oxidation sites excluding steroid dienone is 36. The minimum Gasteiger partial charge on any atom is -0.463 e. The second kappa shape index (κ2) is 81.4. The Hall–Kier alpha value is -6.13. The summed E-state index contributed by atoms with van der Waals surface area (Å²) in [4.78, 5) is 58.8. The molecule has 0 aromatic rings. The van der Waals surface area contributed by atoms with E-state index < -0.39 is 91.5 Å². The quantitative estimate of drug-likeness (QED) is 0.0146. The number of ether oxygens (including phenoxy) is 3. The van der Waals surface area contributed by atoms with Gasteiger partial charge in [-0.05, 0) is 173 Å². The Morgan fingerprint density at radius 1 is 0.257 bits per heavy atom. The van der Waals surface area contributed by atoms with Crippen LogP contribution in [0.5, 0.6) is 0 Å². The number of phosphoric ester groups is 2. The van der Waals surface area contributed by atoms with Gasteiger partial charge in [0, 0.05) is 19.3 Å². The standard InChI is InChI=1S/C91H144O16P2/c1-4-7-10-13-16-19-22-25-28-31-34-37-39-41-42-44-46-48-50-53-56-59-62-65-68-71-74-77-89(94)101-80-86(92)81-103-108(97,98)104-82-87(93)83-105-109(99,100)106-85-88(107-91(96)79-76-73-70-67-64-61-58-55-52-47-36-33-30-27-24-21-18-15-12-9-6-3)84-102-90(95)78-75-72-69-66-63-60-57-54-51-49-45-43-40-38-35-32-29-26-23-20-17-14-11-8-5-2/h7-12,16-21,25-30,34-38,41-43,45-48,51,54-55,58,64,67,86-88,92-93H,4-6,13-15,22-24,31-33,39-40,44,49-50,52-53,56-57,59-63,65-66,68-85H2,1-3H3,(H,97,98)(H,99,100)/b10-7-,11-8-,12-9-,19-16-,20-17-,21-18-,28-25-,29-26-,30-27-,37-34-,38-35-,42-41-,45-43-,47-36-,48-46-,54-51-,58-55-,67-64-. The van der Waals surface area contributed by atoms with Crippen molar-refractivity contribution in [3.05, 3.63) is 219 Å². The van der Waals surface area contributed by atoms with Crippen molar-refractivity contribution in [3.8, 4) is 0 Å². The monoisotopic (exact) mass is 1550 g/mol. The van der Waals surface area contributed by atoms with E-state index in [1.807, 2.05) is 0 Å². The Bertz CT molecular complexity index is 2860. The number of aliphatic hydroxyl groups is 2. The molecule has 0 spiro atoms. The summed E-state index contributed by atoms with van der Waals surface area (Å²) >= 11 is 0. The van der Waals surface area contributed by atoms with E-state index in [4.69, 9.17) is 32.3 Å². The van der Waals surface area contributed by atoms with E-state index in [-0.39, 0.29) is 19.3 Å². The van der Waals surface area contributed by atoms with E-state index in [0.717, 1.165) is 193 Å². The van der Waals surface area contributed by atoms with Gasteiger partial charge in [-0.25, -0.2) is 9.13 Å². The lowest BCUT2D eigenvalue weighted by molar-refractivity contribution is -0.161. The van der Waals surface area contributed by atoms with Gasteiger partial charge < -0.3 is 34.2 Å². The minimum absolute atomic E-state index is 0.0358. The molecule has 0 radical (unpaired) electrons. The molecule has 0 aliphatic heterocycles. The summed E-state index contributed by atoms with van der Waals surface area (Å²) in [7, 11) is -9.84. The van der Waals surface area contributed by atoms with Crippen molar-refractivity contribution in [3.63, 3.8) is 0 Å². The smallest absolute Gasteiger partial charge is 0.463 e. The van der Waals surface area contributed by atoms with Gasteiger partial charge in [0.2, 0.25) is 0 Å². The Morgan fingerprint density at radius 3 is 0.743 bits per heavy atom. The van der Waals surface area contributed by atoms with Crippen LogP contribution in [0.4, 0.5) is 0 Å². The predicted molar refractivity (Wildman–Crippen MR) is 453 cm³/mol.